The molecular formula is C22H20F6N4O4. The number of halogens is 6. The number of nitrogens with two attached hydrogens (primary N) is 1. The molecular weight excluding hydrogens is 498 g/mol. The van der Waals surface area contributed by atoms with Crippen molar-refractivity contribution < 1.29 is 45.4 Å². The molecule has 1 aliphatic rings. The number of carbonyl (C=O) groups excluding carboxylic acids is 2. The molecule has 1 unspecified atom stereocenters. The molecule has 0 bridgehead atoms. The summed E-state index contributed by atoms with van der Waals surface area (Å²) in [5, 5.41) is 2.15. The highest BCUT2D eigenvalue weighted by molar-refractivity contribution is 6.44. The van der Waals surface area contributed by atoms with Crippen molar-refractivity contribution in [2.45, 2.75) is 37.7 Å². The lowest BCUT2D eigenvalue weighted by molar-refractivity contribution is -0.146. The van der Waals surface area contributed by atoms with Crippen molar-refractivity contribution in [2.24, 2.45) is 5.73 Å². The average molecular weight is 518 g/mol. The zero-order valence-electron chi connectivity index (χ0n) is 18.7. The molecule has 3 N–H and O–H groups in total. The minimum absolute atomic E-state index is 0.167. The summed E-state index contributed by atoms with van der Waals surface area (Å²) < 4.78 is 91.0. The van der Waals surface area contributed by atoms with E-state index in [0.717, 1.165) is 24.5 Å². The smallest absolute Gasteiger partial charge is 0.296 e. The minimum atomic E-state index is -3.26. The summed E-state index contributed by atoms with van der Waals surface area (Å²) in [5.74, 6) is -11.7. The molecule has 1 aliphatic heterocycles. The van der Waals surface area contributed by atoms with Gasteiger partial charge in [0, 0.05) is 18.9 Å². The first-order valence-corrected chi connectivity index (χ1v) is 10.4. The van der Waals surface area contributed by atoms with Crippen molar-refractivity contribution in [3.63, 3.8) is 0 Å². The van der Waals surface area contributed by atoms with Crippen LogP contribution >= 0.6 is 0 Å². The van der Waals surface area contributed by atoms with Crippen LogP contribution in [0.5, 0.6) is 0 Å². The second-order valence-corrected chi connectivity index (χ2v) is 8.02. The second-order valence-electron chi connectivity index (χ2n) is 8.02. The molecule has 36 heavy (non-hydrogen) atoms. The highest BCUT2D eigenvalue weighted by Gasteiger charge is 2.38. The number of ether oxygens (including phenoxy) is 2. The Balaban J connectivity index is 1.97. The second kappa shape index (κ2) is 10.5. The highest BCUT2D eigenvalue weighted by Crippen LogP contribution is 2.40. The third-order valence-corrected chi connectivity index (χ3v) is 4.86. The van der Waals surface area contributed by atoms with E-state index in [9.17, 15) is 35.9 Å². The maximum atomic E-state index is 14.5. The van der Waals surface area contributed by atoms with E-state index in [1.165, 1.54) is 0 Å². The van der Waals surface area contributed by atoms with E-state index in [1.807, 2.05) is 0 Å². The summed E-state index contributed by atoms with van der Waals surface area (Å²) in [7, 11) is 0. The standard InChI is InChI=1S/C22H20F6N4O4/c1-21(25,26)8-36-16(29)7-14(33)20(34)32-19-17(12-6-11(23)2-3-13(12)24)30-10-31-18(19)15-4-5-22(27,28)9-35-15/h2-3,6-7,10,15H,4-5,8-9,29H2,1H3,(H,32,34)/b16-7+. The van der Waals surface area contributed by atoms with E-state index in [0.29, 0.717) is 13.0 Å². The van der Waals surface area contributed by atoms with Crippen LogP contribution in [-0.4, -0.2) is 46.7 Å². The van der Waals surface area contributed by atoms with Gasteiger partial charge < -0.3 is 20.5 Å². The number of anilines is 1. The molecule has 14 heteroatoms. The number of hydrogen-bond acceptors (Lipinski definition) is 7. The Hall–Kier alpha value is -3.68. The molecule has 194 valence electrons. The Labute approximate surface area is 200 Å². The van der Waals surface area contributed by atoms with Gasteiger partial charge in [-0.15, -0.1) is 0 Å². The van der Waals surface area contributed by atoms with Gasteiger partial charge >= 0.3 is 0 Å². The van der Waals surface area contributed by atoms with Gasteiger partial charge in [0.2, 0.25) is 5.78 Å². The van der Waals surface area contributed by atoms with Crippen LogP contribution in [0.25, 0.3) is 11.3 Å². The van der Waals surface area contributed by atoms with E-state index in [2.05, 4.69) is 20.0 Å². The third-order valence-electron chi connectivity index (χ3n) is 4.86. The van der Waals surface area contributed by atoms with Gasteiger partial charge in [-0.3, -0.25) is 9.59 Å². The summed E-state index contributed by atoms with van der Waals surface area (Å²) in [5.41, 5.74) is 3.99. The van der Waals surface area contributed by atoms with Gasteiger partial charge in [0.05, 0.1) is 17.5 Å². The molecule has 1 amide bonds. The Bertz CT molecular complexity index is 1180. The number of nitrogens with one attached hydrogen (secondary N) is 1. The average Bonchev–Trinajstić information content (AvgIpc) is 2.79. The number of ketones is 1. The Morgan fingerprint density at radius 1 is 1.31 bits per heavy atom. The quantitative estimate of drug-likeness (QED) is 0.236. The number of hydrogen-bond donors (Lipinski definition) is 2. The lowest BCUT2D eigenvalue weighted by Crippen LogP contribution is -2.32. The van der Waals surface area contributed by atoms with E-state index in [1.54, 1.807) is 0 Å². The maximum Gasteiger partial charge on any atom is 0.296 e. The van der Waals surface area contributed by atoms with Crippen molar-refractivity contribution in [1.29, 1.82) is 0 Å². The molecule has 1 fully saturated rings. The van der Waals surface area contributed by atoms with Crippen molar-refractivity contribution in [1.82, 2.24) is 9.97 Å². The zero-order chi connectivity index (χ0) is 26.7. The van der Waals surface area contributed by atoms with Gasteiger partial charge in [0.25, 0.3) is 17.8 Å². The van der Waals surface area contributed by atoms with Gasteiger partial charge in [-0.25, -0.2) is 36.3 Å². The predicted octanol–water partition coefficient (Wildman–Crippen LogP) is 3.89. The van der Waals surface area contributed by atoms with Gasteiger partial charge in [-0.2, -0.15) is 0 Å². The Morgan fingerprint density at radius 3 is 2.67 bits per heavy atom. The summed E-state index contributed by atoms with van der Waals surface area (Å²) in [6, 6.07) is 2.40. The van der Waals surface area contributed by atoms with Crippen LogP contribution in [0, 0.1) is 11.6 Å². The number of rotatable bonds is 8. The first-order valence-electron chi connectivity index (χ1n) is 10.4. The van der Waals surface area contributed by atoms with Crippen LogP contribution < -0.4 is 11.1 Å². The molecule has 0 radical (unpaired) electrons. The molecule has 8 nitrogen and oxygen atoms in total. The molecule has 1 atom stereocenters. The SMILES string of the molecule is CC(F)(F)CO/C(N)=C/C(=O)C(=O)Nc1c(-c2cc(F)ccc2F)ncnc1C1CCC(F)(F)CO1. The normalized spacial score (nSPS) is 18.0. The maximum absolute atomic E-state index is 14.5. The van der Waals surface area contributed by atoms with Crippen LogP contribution in [0.4, 0.5) is 32.0 Å². The zero-order valence-corrected chi connectivity index (χ0v) is 18.7. The van der Waals surface area contributed by atoms with Crippen LogP contribution in [0.1, 0.15) is 31.6 Å². The number of amides is 1. The van der Waals surface area contributed by atoms with Crippen LogP contribution in [0.2, 0.25) is 0 Å². The van der Waals surface area contributed by atoms with Crippen molar-refractivity contribution in [2.75, 3.05) is 18.5 Å². The molecule has 0 aliphatic carbocycles. The third kappa shape index (κ3) is 6.93. The summed E-state index contributed by atoms with van der Waals surface area (Å²) >= 11 is 0. The van der Waals surface area contributed by atoms with Crippen LogP contribution in [0.15, 0.2) is 36.5 Å². The molecule has 0 saturated carbocycles. The van der Waals surface area contributed by atoms with Crippen LogP contribution in [-0.2, 0) is 19.1 Å². The Kier molecular flexibility index (Phi) is 7.86. The molecule has 1 aromatic heterocycles. The first-order chi connectivity index (χ1) is 16.8. The first kappa shape index (κ1) is 26.9. The lowest BCUT2D eigenvalue weighted by atomic mass is 10.00. The van der Waals surface area contributed by atoms with Crippen molar-refractivity contribution >= 4 is 17.4 Å². The largest absolute Gasteiger partial charge is 0.473 e. The summed E-state index contributed by atoms with van der Waals surface area (Å²) in [6.45, 7) is -1.58. The van der Waals surface area contributed by atoms with E-state index < -0.39 is 78.0 Å². The molecule has 2 aromatic rings. The van der Waals surface area contributed by atoms with Gasteiger partial charge in [-0.05, 0) is 24.6 Å². The summed E-state index contributed by atoms with van der Waals surface area (Å²) in [4.78, 5) is 32.7. The highest BCUT2D eigenvalue weighted by atomic mass is 19.3. The molecule has 0 spiro atoms. The monoisotopic (exact) mass is 518 g/mol. The van der Waals surface area contributed by atoms with E-state index in [4.69, 9.17) is 10.5 Å². The number of carbonyl (C=O) groups is 2. The molecule has 1 aromatic carbocycles. The molecule has 1 saturated heterocycles. The Morgan fingerprint density at radius 2 is 2.03 bits per heavy atom. The number of alkyl halides is 4. The van der Waals surface area contributed by atoms with Gasteiger partial charge in [-0.1, -0.05) is 0 Å². The fraction of sp³-hybridized carbons (Fsp3) is 0.364. The number of benzene rings is 1. The lowest BCUT2D eigenvalue weighted by Gasteiger charge is -2.29. The van der Waals surface area contributed by atoms with Crippen LogP contribution in [0.3, 0.4) is 0 Å². The van der Waals surface area contributed by atoms with Crippen molar-refractivity contribution in [3.05, 3.63) is 53.8 Å². The van der Waals surface area contributed by atoms with Gasteiger partial charge in [0.1, 0.15) is 36.4 Å². The fourth-order valence-electron chi connectivity index (χ4n) is 3.21. The minimum Gasteiger partial charge on any atom is -0.473 e. The number of nitrogens with zero attached hydrogens (tertiary/aromatic N) is 2. The van der Waals surface area contributed by atoms with E-state index >= 15 is 0 Å². The molecule has 2 heterocycles. The van der Waals surface area contributed by atoms with E-state index in [-0.39, 0.29) is 17.8 Å². The summed E-state index contributed by atoms with van der Waals surface area (Å²) in [6.07, 6.45) is -0.581. The van der Waals surface area contributed by atoms with Crippen molar-refractivity contribution in [3.8, 4) is 11.3 Å². The molecule has 3 rings (SSSR count). The fourth-order valence-corrected chi connectivity index (χ4v) is 3.21. The predicted molar refractivity (Wildman–Crippen MR) is 113 cm³/mol. The van der Waals surface area contributed by atoms with Gasteiger partial charge in [0.15, 0.2) is 12.5 Å². The topological polar surface area (TPSA) is 116 Å². The number of aromatic nitrogens is 2.